The van der Waals surface area contributed by atoms with Gasteiger partial charge in [-0.3, -0.25) is 9.69 Å². The topological polar surface area (TPSA) is 80.2 Å². The van der Waals surface area contributed by atoms with Gasteiger partial charge < -0.3 is 10.1 Å². The summed E-state index contributed by atoms with van der Waals surface area (Å²) in [6.45, 7) is 1.36. The van der Waals surface area contributed by atoms with Gasteiger partial charge in [0.1, 0.15) is 17.8 Å². The molecule has 0 spiro atoms. The third kappa shape index (κ3) is 6.29. The number of hydrogen-bond acceptors (Lipinski definition) is 7. The van der Waals surface area contributed by atoms with Crippen molar-refractivity contribution in [3.63, 3.8) is 0 Å². The van der Waals surface area contributed by atoms with Gasteiger partial charge in [-0.25, -0.2) is 28.1 Å². The Balaban J connectivity index is 1.43. The van der Waals surface area contributed by atoms with Gasteiger partial charge in [-0.1, -0.05) is 17.7 Å². The number of ether oxygens (including phenoxy) is 1. The fraction of sp³-hybridized carbons (Fsp3) is 0.391. The summed E-state index contributed by atoms with van der Waals surface area (Å²) in [5.74, 6) is -1.90. The smallest absolute Gasteiger partial charge is 0.281 e. The maximum absolute atomic E-state index is 14.2. The molecular formula is C23H22ClF4N5O2S. The molecule has 4 rings (SSSR count). The molecule has 1 aliphatic heterocycles. The number of carbonyl (C=O) groups excluding carboxylic acids is 1. The molecule has 1 aliphatic rings. The number of aromatic nitrogens is 3. The molecule has 0 aliphatic carbocycles. The summed E-state index contributed by atoms with van der Waals surface area (Å²) in [5, 5.41) is 2.61. The molecule has 1 atom stereocenters. The molecule has 3 aromatic rings. The number of alkyl halides is 2. The first kappa shape index (κ1) is 26.2. The molecule has 1 N–H and O–H groups in total. The number of rotatable bonds is 9. The molecule has 7 nitrogen and oxygen atoms in total. The lowest BCUT2D eigenvalue weighted by Gasteiger charge is -2.37. The van der Waals surface area contributed by atoms with Gasteiger partial charge in [-0.05, 0) is 44.0 Å². The van der Waals surface area contributed by atoms with Crippen LogP contribution in [0.2, 0.25) is 5.02 Å². The van der Waals surface area contributed by atoms with Gasteiger partial charge in [0.05, 0.1) is 39.7 Å². The van der Waals surface area contributed by atoms with Crippen molar-refractivity contribution in [3.05, 3.63) is 69.0 Å². The molecule has 36 heavy (non-hydrogen) atoms. The monoisotopic (exact) mass is 543 g/mol. The van der Waals surface area contributed by atoms with Crippen LogP contribution in [0, 0.1) is 17.7 Å². The Kier molecular flexibility index (Phi) is 8.70. The van der Waals surface area contributed by atoms with E-state index in [0.717, 1.165) is 29.8 Å². The zero-order chi connectivity index (χ0) is 25.7. The molecule has 1 unspecified atom stereocenters. The lowest BCUT2D eigenvalue weighted by Crippen LogP contribution is -2.43. The predicted octanol–water partition coefficient (Wildman–Crippen LogP) is 5.06. The van der Waals surface area contributed by atoms with Crippen molar-refractivity contribution in [2.24, 2.45) is 5.92 Å². The largest absolute Gasteiger partial charge is 0.477 e. The van der Waals surface area contributed by atoms with Crippen LogP contribution in [0.4, 0.5) is 17.6 Å². The Labute approximate surface area is 213 Å². The van der Waals surface area contributed by atoms with Gasteiger partial charge >= 0.3 is 0 Å². The van der Waals surface area contributed by atoms with Crippen LogP contribution in [0.15, 0.2) is 36.1 Å². The van der Waals surface area contributed by atoms with Gasteiger partial charge in [0.2, 0.25) is 11.8 Å². The van der Waals surface area contributed by atoms with E-state index in [1.165, 1.54) is 17.6 Å². The minimum atomic E-state index is -2.77. The third-order valence-electron chi connectivity index (χ3n) is 5.94. The minimum Gasteiger partial charge on any atom is -0.477 e. The summed E-state index contributed by atoms with van der Waals surface area (Å²) >= 11 is 7.08. The zero-order valence-corrected chi connectivity index (χ0v) is 20.4. The Hall–Kier alpha value is -2.83. The van der Waals surface area contributed by atoms with Crippen molar-refractivity contribution in [3.8, 4) is 5.88 Å². The first-order valence-corrected chi connectivity index (χ1v) is 12.4. The molecular weight excluding hydrogens is 522 g/mol. The molecule has 2 aromatic heterocycles. The number of nitrogens with one attached hydrogen (secondary N) is 1. The van der Waals surface area contributed by atoms with Crippen LogP contribution in [0.3, 0.4) is 0 Å². The number of thiazole rings is 1. The summed E-state index contributed by atoms with van der Waals surface area (Å²) in [4.78, 5) is 26.1. The molecule has 192 valence electrons. The molecule has 0 saturated carbocycles. The lowest BCUT2D eigenvalue weighted by molar-refractivity contribution is 0.0867. The SMILES string of the molecule is O=C(NCC(c1scnc1C(F)F)N1CCC(COc2cc(F)ncn2)CC1)c1c(F)cccc1Cl. The van der Waals surface area contributed by atoms with E-state index in [1.807, 2.05) is 4.90 Å². The summed E-state index contributed by atoms with van der Waals surface area (Å²) in [6.07, 6.45) is -0.333. The van der Waals surface area contributed by atoms with Crippen molar-refractivity contribution in [2.45, 2.75) is 25.3 Å². The van der Waals surface area contributed by atoms with Crippen molar-refractivity contribution in [2.75, 3.05) is 26.2 Å². The van der Waals surface area contributed by atoms with Gasteiger partial charge in [-0.15, -0.1) is 11.3 Å². The van der Waals surface area contributed by atoms with E-state index in [-0.39, 0.29) is 34.6 Å². The van der Waals surface area contributed by atoms with Crippen molar-refractivity contribution < 1.29 is 27.1 Å². The Morgan fingerprint density at radius 3 is 2.69 bits per heavy atom. The van der Waals surface area contributed by atoms with Crippen LogP contribution >= 0.6 is 22.9 Å². The third-order valence-corrected chi connectivity index (χ3v) is 7.21. The second-order valence-corrected chi connectivity index (χ2v) is 9.49. The summed E-state index contributed by atoms with van der Waals surface area (Å²) < 4.78 is 60.2. The standard InChI is InChI=1S/C23H22ClF4N5O2S/c24-14-2-1-3-15(25)19(14)23(34)29-9-16(21-20(22(27)28)32-12-36-21)33-6-4-13(5-7-33)10-35-18-8-17(26)30-11-31-18/h1-3,8,11-13,16,22H,4-7,9-10H2,(H,29,34). The number of hydrogen-bond donors (Lipinski definition) is 1. The Bertz CT molecular complexity index is 1170. The number of piperidine rings is 1. The van der Waals surface area contributed by atoms with Gasteiger partial charge in [0.15, 0.2) is 0 Å². The molecule has 3 heterocycles. The highest BCUT2D eigenvalue weighted by molar-refractivity contribution is 7.09. The van der Waals surface area contributed by atoms with Crippen molar-refractivity contribution in [1.82, 2.24) is 25.2 Å². The van der Waals surface area contributed by atoms with Crippen LogP contribution in [0.1, 0.15) is 46.2 Å². The number of likely N-dealkylation sites (tertiary alicyclic amines) is 1. The molecule has 1 saturated heterocycles. The maximum Gasteiger partial charge on any atom is 0.281 e. The van der Waals surface area contributed by atoms with Crippen LogP contribution in [-0.4, -0.2) is 52.0 Å². The molecule has 1 aromatic carbocycles. The molecule has 13 heteroatoms. The maximum atomic E-state index is 14.2. The van der Waals surface area contributed by atoms with Crippen LogP contribution in [0.25, 0.3) is 0 Å². The first-order chi connectivity index (χ1) is 17.3. The second kappa shape index (κ2) is 11.9. The van der Waals surface area contributed by atoms with Crippen molar-refractivity contribution in [1.29, 1.82) is 0 Å². The Morgan fingerprint density at radius 2 is 2.00 bits per heavy atom. The summed E-state index contributed by atoms with van der Waals surface area (Å²) in [7, 11) is 0. The fourth-order valence-electron chi connectivity index (χ4n) is 4.09. The van der Waals surface area contributed by atoms with Crippen LogP contribution in [0.5, 0.6) is 5.88 Å². The normalized spacial score (nSPS) is 15.7. The second-order valence-electron chi connectivity index (χ2n) is 8.19. The number of nitrogens with zero attached hydrogens (tertiary/aromatic N) is 4. The van der Waals surface area contributed by atoms with Gasteiger partial charge in [0, 0.05) is 6.54 Å². The van der Waals surface area contributed by atoms with E-state index in [9.17, 15) is 22.4 Å². The van der Waals surface area contributed by atoms with E-state index < -0.39 is 30.1 Å². The van der Waals surface area contributed by atoms with E-state index in [1.54, 1.807) is 0 Å². The number of benzene rings is 1. The predicted molar refractivity (Wildman–Crippen MR) is 125 cm³/mol. The average Bonchev–Trinajstić information content (AvgIpc) is 3.34. The van der Waals surface area contributed by atoms with Crippen LogP contribution < -0.4 is 10.1 Å². The number of carbonyl (C=O) groups is 1. The lowest BCUT2D eigenvalue weighted by atomic mass is 9.96. The molecule has 1 amide bonds. The zero-order valence-electron chi connectivity index (χ0n) is 18.8. The van der Waals surface area contributed by atoms with Gasteiger partial charge in [-0.2, -0.15) is 4.39 Å². The minimum absolute atomic E-state index is 0.0349. The molecule has 0 bridgehead atoms. The number of halogens is 5. The van der Waals surface area contributed by atoms with Crippen molar-refractivity contribution >= 4 is 28.8 Å². The molecule has 1 fully saturated rings. The van der Waals surface area contributed by atoms with E-state index in [0.29, 0.717) is 37.4 Å². The van der Waals surface area contributed by atoms with Gasteiger partial charge in [0.25, 0.3) is 12.3 Å². The summed E-state index contributed by atoms with van der Waals surface area (Å²) in [6, 6.07) is 4.43. The summed E-state index contributed by atoms with van der Waals surface area (Å²) in [5.41, 5.74) is 0.716. The highest BCUT2D eigenvalue weighted by atomic mass is 35.5. The van der Waals surface area contributed by atoms with E-state index in [2.05, 4.69) is 20.3 Å². The van der Waals surface area contributed by atoms with E-state index in [4.69, 9.17) is 16.3 Å². The highest BCUT2D eigenvalue weighted by Crippen LogP contribution is 2.35. The van der Waals surface area contributed by atoms with Crippen LogP contribution in [-0.2, 0) is 0 Å². The fourth-order valence-corrected chi connectivity index (χ4v) is 5.27. The number of amides is 1. The highest BCUT2D eigenvalue weighted by Gasteiger charge is 2.32. The first-order valence-electron chi connectivity index (χ1n) is 11.1. The Morgan fingerprint density at radius 1 is 1.22 bits per heavy atom. The average molecular weight is 544 g/mol. The quantitative estimate of drug-likeness (QED) is 0.300. The molecule has 0 radical (unpaired) electrons. The van der Waals surface area contributed by atoms with E-state index >= 15 is 0 Å².